The Bertz CT molecular complexity index is 216. The first-order valence-electron chi connectivity index (χ1n) is 3.60. The van der Waals surface area contributed by atoms with Crippen molar-refractivity contribution in [3.63, 3.8) is 0 Å². The molecule has 1 aromatic rings. The molecule has 11 heavy (non-hydrogen) atoms. The zero-order chi connectivity index (χ0) is 7.52. The first-order valence-corrected chi connectivity index (χ1v) is 3.60. The van der Waals surface area contributed by atoms with Crippen LogP contribution in [0.2, 0.25) is 0 Å². The second kappa shape index (κ2) is 2.93. The van der Waals surface area contributed by atoms with Gasteiger partial charge in [-0.3, -0.25) is 0 Å². The Kier molecular flexibility index (Phi) is 1.78. The molecule has 1 saturated heterocycles. The summed E-state index contributed by atoms with van der Waals surface area (Å²) in [4.78, 5) is 0. The van der Waals surface area contributed by atoms with Crippen LogP contribution in [0.5, 0.6) is 5.75 Å². The van der Waals surface area contributed by atoms with Crippen LogP contribution in [0.1, 0.15) is 0 Å². The van der Waals surface area contributed by atoms with E-state index < -0.39 is 0 Å². The van der Waals surface area contributed by atoms with Gasteiger partial charge in [-0.15, -0.1) is 0 Å². The number of epoxide rings is 1. The van der Waals surface area contributed by atoms with Crippen molar-refractivity contribution in [3.8, 4) is 5.75 Å². The van der Waals surface area contributed by atoms with Crippen LogP contribution >= 0.6 is 0 Å². The number of rotatable bonds is 3. The van der Waals surface area contributed by atoms with Gasteiger partial charge in [-0.2, -0.15) is 0 Å². The number of ether oxygens (including phenoxy) is 2. The summed E-state index contributed by atoms with van der Waals surface area (Å²) in [5, 5.41) is 0. The van der Waals surface area contributed by atoms with Crippen LogP contribution in [-0.2, 0) is 4.74 Å². The van der Waals surface area contributed by atoms with E-state index in [2.05, 4.69) is 0 Å². The molecule has 1 radical (unpaired) electrons. The van der Waals surface area contributed by atoms with Gasteiger partial charge in [0.1, 0.15) is 12.4 Å². The molecule has 1 fully saturated rings. The molecular formula is C9H9O2. The third kappa shape index (κ3) is 1.95. The van der Waals surface area contributed by atoms with Gasteiger partial charge in [0, 0.05) is 0 Å². The Labute approximate surface area is 65.7 Å². The molecule has 1 heterocycles. The topological polar surface area (TPSA) is 21.8 Å². The lowest BCUT2D eigenvalue weighted by Gasteiger charge is -2.01. The molecule has 2 rings (SSSR count). The molecule has 0 aromatic heterocycles. The van der Waals surface area contributed by atoms with E-state index in [4.69, 9.17) is 9.47 Å². The van der Waals surface area contributed by atoms with Gasteiger partial charge in [-0.1, -0.05) is 18.2 Å². The van der Waals surface area contributed by atoms with Gasteiger partial charge in [0.25, 0.3) is 0 Å². The number of benzene rings is 1. The monoisotopic (exact) mass is 149 g/mol. The average Bonchev–Trinajstić information content (AvgIpc) is 2.86. The Balaban J connectivity index is 1.85. The van der Waals surface area contributed by atoms with E-state index in [-0.39, 0.29) is 0 Å². The summed E-state index contributed by atoms with van der Waals surface area (Å²) in [6.07, 6.45) is 1.04. The van der Waals surface area contributed by atoms with Crippen molar-refractivity contribution >= 4 is 0 Å². The number of hydrogen-bond donors (Lipinski definition) is 0. The third-order valence-corrected chi connectivity index (χ3v) is 1.49. The maximum absolute atomic E-state index is 5.37. The van der Waals surface area contributed by atoms with Crippen LogP contribution in [-0.4, -0.2) is 13.2 Å². The lowest BCUT2D eigenvalue weighted by molar-refractivity contribution is 0.306. The molecule has 57 valence electrons. The SMILES string of the molecule is c1ccc(OC[C]2CO2)cc1. The zero-order valence-electron chi connectivity index (χ0n) is 6.12. The largest absolute Gasteiger partial charge is 0.490 e. The summed E-state index contributed by atoms with van der Waals surface area (Å²) in [7, 11) is 0. The van der Waals surface area contributed by atoms with Gasteiger partial charge in [0.05, 0.1) is 6.61 Å². The lowest BCUT2D eigenvalue weighted by atomic mass is 10.3. The Morgan fingerprint density at radius 1 is 1.27 bits per heavy atom. The Hall–Kier alpha value is -1.02. The van der Waals surface area contributed by atoms with Crippen LogP contribution in [0.25, 0.3) is 0 Å². The van der Waals surface area contributed by atoms with Crippen LogP contribution in [0, 0.1) is 6.10 Å². The van der Waals surface area contributed by atoms with Crippen molar-refractivity contribution in [2.75, 3.05) is 13.2 Å². The molecule has 0 amide bonds. The molecule has 0 spiro atoms. The van der Waals surface area contributed by atoms with Gasteiger partial charge in [0.15, 0.2) is 6.10 Å². The molecule has 1 aliphatic heterocycles. The van der Waals surface area contributed by atoms with Gasteiger partial charge >= 0.3 is 0 Å². The zero-order valence-corrected chi connectivity index (χ0v) is 6.12. The standard InChI is InChI=1S/C9H9O2/c1-2-4-8(5-3-1)10-6-9-7-11-9/h1-5H,6-7H2. The van der Waals surface area contributed by atoms with E-state index in [1.165, 1.54) is 0 Å². The van der Waals surface area contributed by atoms with Gasteiger partial charge in [-0.05, 0) is 12.1 Å². The molecule has 1 aliphatic rings. The second-order valence-corrected chi connectivity index (χ2v) is 2.43. The quantitative estimate of drug-likeness (QED) is 0.609. The summed E-state index contributed by atoms with van der Waals surface area (Å²) in [5.74, 6) is 0.899. The van der Waals surface area contributed by atoms with E-state index in [9.17, 15) is 0 Å². The van der Waals surface area contributed by atoms with Crippen molar-refractivity contribution in [1.29, 1.82) is 0 Å². The molecule has 1 aromatic carbocycles. The van der Waals surface area contributed by atoms with E-state index in [0.29, 0.717) is 6.61 Å². The molecule has 2 heteroatoms. The highest BCUT2D eigenvalue weighted by Crippen LogP contribution is 2.20. The van der Waals surface area contributed by atoms with Crippen molar-refractivity contribution < 1.29 is 9.47 Å². The average molecular weight is 149 g/mol. The molecule has 2 nitrogen and oxygen atoms in total. The van der Waals surface area contributed by atoms with Gasteiger partial charge in [0.2, 0.25) is 0 Å². The Morgan fingerprint density at radius 2 is 2.00 bits per heavy atom. The van der Waals surface area contributed by atoms with Crippen LogP contribution in [0.4, 0.5) is 0 Å². The third-order valence-electron chi connectivity index (χ3n) is 1.49. The van der Waals surface area contributed by atoms with E-state index in [0.717, 1.165) is 18.5 Å². The van der Waals surface area contributed by atoms with Crippen molar-refractivity contribution in [2.24, 2.45) is 0 Å². The molecular weight excluding hydrogens is 140 g/mol. The molecule has 0 N–H and O–H groups in total. The minimum atomic E-state index is 0.601. The summed E-state index contributed by atoms with van der Waals surface area (Å²) in [6, 6.07) is 9.74. The van der Waals surface area contributed by atoms with E-state index >= 15 is 0 Å². The minimum absolute atomic E-state index is 0.601. The highest BCUT2D eigenvalue weighted by Gasteiger charge is 2.24. The summed E-state index contributed by atoms with van der Waals surface area (Å²) in [5.41, 5.74) is 0. The van der Waals surface area contributed by atoms with Crippen LogP contribution in [0.15, 0.2) is 30.3 Å². The van der Waals surface area contributed by atoms with E-state index in [1.807, 2.05) is 30.3 Å². The van der Waals surface area contributed by atoms with E-state index in [1.54, 1.807) is 0 Å². The molecule has 0 bridgehead atoms. The second-order valence-electron chi connectivity index (χ2n) is 2.43. The van der Waals surface area contributed by atoms with Crippen LogP contribution in [0.3, 0.4) is 0 Å². The lowest BCUT2D eigenvalue weighted by Crippen LogP contribution is -1.97. The molecule has 0 aliphatic carbocycles. The summed E-state index contributed by atoms with van der Waals surface area (Å²) >= 11 is 0. The summed E-state index contributed by atoms with van der Waals surface area (Å²) < 4.78 is 10.3. The summed E-state index contributed by atoms with van der Waals surface area (Å²) in [6.45, 7) is 1.37. The fraction of sp³-hybridized carbons (Fsp3) is 0.222. The first-order chi connectivity index (χ1) is 5.45. The van der Waals surface area contributed by atoms with Gasteiger partial charge < -0.3 is 9.47 Å². The van der Waals surface area contributed by atoms with Crippen molar-refractivity contribution in [2.45, 2.75) is 0 Å². The fourth-order valence-corrected chi connectivity index (χ4v) is 0.815. The fourth-order valence-electron chi connectivity index (χ4n) is 0.815. The van der Waals surface area contributed by atoms with Crippen molar-refractivity contribution in [1.82, 2.24) is 0 Å². The maximum atomic E-state index is 5.37. The predicted octanol–water partition coefficient (Wildman–Crippen LogP) is 1.63. The highest BCUT2D eigenvalue weighted by molar-refractivity contribution is 5.21. The highest BCUT2D eigenvalue weighted by atomic mass is 16.6. The normalized spacial score (nSPS) is 16.4. The minimum Gasteiger partial charge on any atom is -0.490 e. The maximum Gasteiger partial charge on any atom is 0.160 e. The number of hydrogen-bond acceptors (Lipinski definition) is 2. The Morgan fingerprint density at radius 3 is 2.64 bits per heavy atom. The predicted molar refractivity (Wildman–Crippen MR) is 41.1 cm³/mol. The smallest absolute Gasteiger partial charge is 0.160 e. The van der Waals surface area contributed by atoms with Crippen molar-refractivity contribution in [3.05, 3.63) is 36.4 Å². The number of para-hydroxylation sites is 1. The molecule has 0 atom stereocenters. The molecule has 0 saturated carbocycles. The first kappa shape index (κ1) is 6.68. The van der Waals surface area contributed by atoms with Crippen LogP contribution < -0.4 is 4.74 Å². The van der Waals surface area contributed by atoms with Gasteiger partial charge in [-0.25, -0.2) is 0 Å². The molecule has 0 unspecified atom stereocenters.